The Labute approximate surface area is 113 Å². The molecule has 18 heavy (non-hydrogen) atoms. The molecular formula is C12H24N2O3S. The molecule has 0 saturated carbocycles. The van der Waals surface area contributed by atoms with E-state index in [0.717, 1.165) is 0 Å². The molecule has 3 N–H and O–H groups in total. The highest BCUT2D eigenvalue weighted by Gasteiger charge is 2.26. The van der Waals surface area contributed by atoms with E-state index in [-0.39, 0.29) is 10.7 Å². The molecule has 0 heterocycles. The lowest BCUT2D eigenvalue weighted by atomic mass is 9.99. The zero-order valence-electron chi connectivity index (χ0n) is 11.7. The first kappa shape index (κ1) is 17.1. The Balaban J connectivity index is 4.32. The lowest BCUT2D eigenvalue weighted by Gasteiger charge is -2.24. The third-order valence-corrected chi connectivity index (χ3v) is 4.24. The predicted octanol–water partition coefficient (Wildman–Crippen LogP) is 1.93. The maximum atomic E-state index is 11.6. The SMILES string of the molecule is CCC(C)C(NC(=O)NCC(C)(C)SC)C(=O)O. The number of amides is 2. The Hall–Kier alpha value is -0.910. The predicted molar refractivity (Wildman–Crippen MR) is 75.0 cm³/mol. The number of nitrogens with one attached hydrogen (secondary N) is 2. The Bertz CT molecular complexity index is 295. The average molecular weight is 276 g/mol. The van der Waals surface area contributed by atoms with E-state index < -0.39 is 18.0 Å². The molecule has 2 unspecified atom stereocenters. The molecule has 0 spiro atoms. The van der Waals surface area contributed by atoms with Crippen molar-refractivity contribution in [3.63, 3.8) is 0 Å². The zero-order chi connectivity index (χ0) is 14.3. The summed E-state index contributed by atoms with van der Waals surface area (Å²) in [6, 6.07) is -1.27. The van der Waals surface area contributed by atoms with Crippen molar-refractivity contribution in [1.82, 2.24) is 10.6 Å². The van der Waals surface area contributed by atoms with Gasteiger partial charge in [0.2, 0.25) is 0 Å². The summed E-state index contributed by atoms with van der Waals surface area (Å²) in [6.45, 7) is 8.23. The zero-order valence-corrected chi connectivity index (χ0v) is 12.6. The molecule has 0 fully saturated rings. The van der Waals surface area contributed by atoms with Crippen LogP contribution >= 0.6 is 11.8 Å². The Kier molecular flexibility index (Phi) is 7.13. The lowest BCUT2D eigenvalue weighted by molar-refractivity contribution is -0.140. The van der Waals surface area contributed by atoms with Crippen LogP contribution in [0.25, 0.3) is 0 Å². The first-order chi connectivity index (χ1) is 8.23. The molecule has 106 valence electrons. The van der Waals surface area contributed by atoms with Gasteiger partial charge in [0, 0.05) is 11.3 Å². The topological polar surface area (TPSA) is 78.4 Å². The minimum Gasteiger partial charge on any atom is -0.480 e. The molecule has 0 aliphatic heterocycles. The minimum absolute atomic E-state index is 0.0631. The van der Waals surface area contributed by atoms with Crippen molar-refractivity contribution in [2.75, 3.05) is 12.8 Å². The molecule has 5 nitrogen and oxygen atoms in total. The van der Waals surface area contributed by atoms with Gasteiger partial charge in [-0.05, 0) is 26.0 Å². The van der Waals surface area contributed by atoms with Gasteiger partial charge in [-0.1, -0.05) is 20.3 Å². The van der Waals surface area contributed by atoms with Gasteiger partial charge in [0.25, 0.3) is 0 Å². The van der Waals surface area contributed by atoms with Gasteiger partial charge in [0.15, 0.2) is 0 Å². The molecule has 2 amide bonds. The first-order valence-corrected chi connectivity index (χ1v) is 7.28. The fourth-order valence-electron chi connectivity index (χ4n) is 1.24. The van der Waals surface area contributed by atoms with Crippen LogP contribution in [0.1, 0.15) is 34.1 Å². The molecule has 0 bridgehead atoms. The van der Waals surface area contributed by atoms with Crippen molar-refractivity contribution < 1.29 is 14.7 Å². The molecule has 0 aromatic rings. The Morgan fingerprint density at radius 1 is 1.39 bits per heavy atom. The van der Waals surface area contributed by atoms with Crippen LogP contribution < -0.4 is 10.6 Å². The summed E-state index contributed by atoms with van der Waals surface area (Å²) in [5, 5.41) is 14.3. The largest absolute Gasteiger partial charge is 0.480 e. The number of rotatable bonds is 7. The Morgan fingerprint density at radius 2 is 1.94 bits per heavy atom. The van der Waals surface area contributed by atoms with Crippen LogP contribution in [0.2, 0.25) is 0 Å². The smallest absolute Gasteiger partial charge is 0.326 e. The van der Waals surface area contributed by atoms with E-state index in [1.807, 2.05) is 34.0 Å². The second kappa shape index (κ2) is 7.51. The monoisotopic (exact) mass is 276 g/mol. The van der Waals surface area contributed by atoms with Gasteiger partial charge < -0.3 is 15.7 Å². The standard InChI is InChI=1S/C12H24N2O3S/c1-6-8(2)9(10(15)16)14-11(17)13-7-12(3,4)18-5/h8-9H,6-7H2,1-5H3,(H,15,16)(H2,13,14,17). The van der Waals surface area contributed by atoms with Gasteiger partial charge in [0.1, 0.15) is 6.04 Å². The average Bonchev–Trinajstić information content (AvgIpc) is 2.32. The fourth-order valence-corrected chi connectivity index (χ4v) is 1.46. The number of aliphatic carboxylic acids is 1. The van der Waals surface area contributed by atoms with E-state index in [4.69, 9.17) is 5.11 Å². The number of thioether (sulfide) groups is 1. The maximum absolute atomic E-state index is 11.6. The molecular weight excluding hydrogens is 252 g/mol. The third kappa shape index (κ3) is 6.14. The Morgan fingerprint density at radius 3 is 2.33 bits per heavy atom. The summed E-state index contributed by atoms with van der Waals surface area (Å²) in [7, 11) is 0. The molecule has 0 aliphatic rings. The maximum Gasteiger partial charge on any atom is 0.326 e. The second-order valence-corrected chi connectivity index (χ2v) is 6.51. The van der Waals surface area contributed by atoms with Crippen molar-refractivity contribution in [3.8, 4) is 0 Å². The van der Waals surface area contributed by atoms with Gasteiger partial charge in [-0.3, -0.25) is 0 Å². The van der Waals surface area contributed by atoms with E-state index in [2.05, 4.69) is 10.6 Å². The first-order valence-electron chi connectivity index (χ1n) is 6.05. The van der Waals surface area contributed by atoms with E-state index in [1.54, 1.807) is 11.8 Å². The highest BCUT2D eigenvalue weighted by Crippen LogP contribution is 2.19. The van der Waals surface area contributed by atoms with Crippen molar-refractivity contribution in [2.45, 2.75) is 44.9 Å². The molecule has 0 aromatic carbocycles. The third-order valence-electron chi connectivity index (χ3n) is 2.99. The highest BCUT2D eigenvalue weighted by molar-refractivity contribution is 7.99. The molecule has 2 atom stereocenters. The number of carbonyl (C=O) groups is 2. The summed E-state index contributed by atoms with van der Waals surface area (Å²) in [5.74, 6) is -1.09. The van der Waals surface area contributed by atoms with Gasteiger partial charge in [-0.15, -0.1) is 0 Å². The van der Waals surface area contributed by atoms with Crippen LogP contribution in [0.4, 0.5) is 4.79 Å². The molecule has 0 saturated heterocycles. The van der Waals surface area contributed by atoms with Crippen molar-refractivity contribution in [2.24, 2.45) is 5.92 Å². The summed E-state index contributed by atoms with van der Waals surface area (Å²) in [5.41, 5.74) is 0. The van der Waals surface area contributed by atoms with Crippen LogP contribution in [0, 0.1) is 5.92 Å². The molecule has 0 aromatic heterocycles. The van der Waals surface area contributed by atoms with Crippen LogP contribution in [-0.4, -0.2) is 40.7 Å². The molecule has 0 aliphatic carbocycles. The fraction of sp³-hybridized carbons (Fsp3) is 0.833. The normalized spacial score (nSPS) is 14.7. The van der Waals surface area contributed by atoms with Crippen LogP contribution in [0.15, 0.2) is 0 Å². The van der Waals surface area contributed by atoms with Crippen molar-refractivity contribution in [3.05, 3.63) is 0 Å². The number of hydrogen-bond donors (Lipinski definition) is 3. The number of urea groups is 1. The number of carbonyl (C=O) groups excluding carboxylic acids is 1. The van der Waals surface area contributed by atoms with E-state index in [9.17, 15) is 9.59 Å². The van der Waals surface area contributed by atoms with Crippen LogP contribution in [0.5, 0.6) is 0 Å². The van der Waals surface area contributed by atoms with Gasteiger partial charge in [-0.25, -0.2) is 9.59 Å². The lowest BCUT2D eigenvalue weighted by Crippen LogP contribution is -2.51. The van der Waals surface area contributed by atoms with Crippen LogP contribution in [-0.2, 0) is 4.79 Å². The molecule has 0 radical (unpaired) electrons. The van der Waals surface area contributed by atoms with Crippen molar-refractivity contribution in [1.29, 1.82) is 0 Å². The molecule has 6 heteroatoms. The van der Waals surface area contributed by atoms with E-state index in [1.165, 1.54) is 0 Å². The van der Waals surface area contributed by atoms with E-state index >= 15 is 0 Å². The molecule has 0 rings (SSSR count). The summed E-state index contributed by atoms with van der Waals surface area (Å²) in [6.07, 6.45) is 2.67. The number of carboxylic acids is 1. The highest BCUT2D eigenvalue weighted by atomic mass is 32.2. The van der Waals surface area contributed by atoms with Crippen LogP contribution in [0.3, 0.4) is 0 Å². The minimum atomic E-state index is -0.997. The number of carboxylic acid groups (broad SMARTS) is 1. The summed E-state index contributed by atoms with van der Waals surface area (Å²) in [4.78, 5) is 22.7. The second-order valence-electron chi connectivity index (χ2n) is 4.99. The van der Waals surface area contributed by atoms with Gasteiger partial charge >= 0.3 is 12.0 Å². The van der Waals surface area contributed by atoms with Gasteiger partial charge in [-0.2, -0.15) is 11.8 Å². The van der Waals surface area contributed by atoms with E-state index in [0.29, 0.717) is 13.0 Å². The number of hydrogen-bond acceptors (Lipinski definition) is 3. The van der Waals surface area contributed by atoms with Crippen molar-refractivity contribution >= 4 is 23.8 Å². The van der Waals surface area contributed by atoms with Gasteiger partial charge in [0.05, 0.1) is 0 Å². The summed E-state index contributed by atoms with van der Waals surface area (Å²) >= 11 is 1.65. The quantitative estimate of drug-likeness (QED) is 0.664. The summed E-state index contributed by atoms with van der Waals surface area (Å²) < 4.78 is -0.0631.